The van der Waals surface area contributed by atoms with Crippen molar-refractivity contribution < 1.29 is 12.8 Å². The summed E-state index contributed by atoms with van der Waals surface area (Å²) in [6.45, 7) is 3.42. The largest absolute Gasteiger partial charge is 0.357 e. The standard InChI is InChI=1S/C14H22FN3O2S/c1-3-16-14(18-9-10-21(2,19)20)17-8-7-12-5-4-6-13(15)11-12/h4-6,11H,3,7-10H2,1-2H3,(H2,16,17,18). The molecule has 0 amide bonds. The minimum atomic E-state index is -3.01. The zero-order chi connectivity index (χ0) is 15.7. The SMILES string of the molecule is CCNC(=NCCS(C)(=O)=O)NCCc1cccc(F)c1. The third-order valence-corrected chi connectivity index (χ3v) is 3.60. The van der Waals surface area contributed by atoms with E-state index in [2.05, 4.69) is 15.6 Å². The molecule has 0 saturated heterocycles. The van der Waals surface area contributed by atoms with Gasteiger partial charge in [-0.1, -0.05) is 12.1 Å². The lowest BCUT2D eigenvalue weighted by Crippen LogP contribution is -2.38. The molecule has 0 aliphatic heterocycles. The molecular weight excluding hydrogens is 293 g/mol. The smallest absolute Gasteiger partial charge is 0.191 e. The molecule has 0 atom stereocenters. The molecule has 0 heterocycles. The van der Waals surface area contributed by atoms with Gasteiger partial charge in [-0.25, -0.2) is 12.8 Å². The average molecular weight is 315 g/mol. The molecule has 2 N–H and O–H groups in total. The first-order valence-electron chi connectivity index (χ1n) is 6.85. The molecule has 0 radical (unpaired) electrons. The van der Waals surface area contributed by atoms with Gasteiger partial charge < -0.3 is 10.6 Å². The van der Waals surface area contributed by atoms with E-state index in [4.69, 9.17) is 0 Å². The molecule has 0 fully saturated rings. The van der Waals surface area contributed by atoms with Gasteiger partial charge in [0.15, 0.2) is 5.96 Å². The highest BCUT2D eigenvalue weighted by Gasteiger charge is 2.02. The van der Waals surface area contributed by atoms with Crippen molar-refractivity contribution in [2.45, 2.75) is 13.3 Å². The van der Waals surface area contributed by atoms with Gasteiger partial charge in [-0.2, -0.15) is 0 Å². The van der Waals surface area contributed by atoms with Crippen molar-refractivity contribution in [3.05, 3.63) is 35.6 Å². The van der Waals surface area contributed by atoms with E-state index in [0.29, 0.717) is 25.5 Å². The molecule has 5 nitrogen and oxygen atoms in total. The molecule has 0 saturated carbocycles. The Labute approximate surface area is 125 Å². The van der Waals surface area contributed by atoms with Crippen LogP contribution in [0.4, 0.5) is 4.39 Å². The van der Waals surface area contributed by atoms with Gasteiger partial charge in [0, 0.05) is 19.3 Å². The third kappa shape index (κ3) is 8.29. The molecule has 0 aromatic heterocycles. The first-order valence-corrected chi connectivity index (χ1v) is 8.91. The molecular formula is C14H22FN3O2S. The van der Waals surface area contributed by atoms with E-state index in [1.54, 1.807) is 6.07 Å². The van der Waals surface area contributed by atoms with Crippen molar-refractivity contribution in [3.8, 4) is 0 Å². The Morgan fingerprint density at radius 1 is 1.33 bits per heavy atom. The topological polar surface area (TPSA) is 70.6 Å². The fourth-order valence-corrected chi connectivity index (χ4v) is 2.11. The quantitative estimate of drug-likeness (QED) is 0.581. The van der Waals surface area contributed by atoms with Crippen molar-refractivity contribution in [2.75, 3.05) is 31.6 Å². The number of aliphatic imine (C=N–C) groups is 1. The highest BCUT2D eigenvalue weighted by Crippen LogP contribution is 2.03. The van der Waals surface area contributed by atoms with E-state index < -0.39 is 9.84 Å². The summed E-state index contributed by atoms with van der Waals surface area (Å²) < 4.78 is 35.2. The molecule has 0 aliphatic carbocycles. The normalized spacial score (nSPS) is 12.2. The van der Waals surface area contributed by atoms with Crippen LogP contribution in [0.25, 0.3) is 0 Å². The van der Waals surface area contributed by atoms with E-state index in [0.717, 1.165) is 5.56 Å². The molecule has 1 aromatic rings. The second-order valence-corrected chi connectivity index (χ2v) is 6.96. The van der Waals surface area contributed by atoms with Crippen LogP contribution in [0.1, 0.15) is 12.5 Å². The first kappa shape index (κ1) is 17.4. The Bertz CT molecular complexity index is 573. The van der Waals surface area contributed by atoms with Crippen LogP contribution in [-0.2, 0) is 16.3 Å². The number of halogens is 1. The fraction of sp³-hybridized carbons (Fsp3) is 0.500. The Morgan fingerprint density at radius 2 is 2.10 bits per heavy atom. The zero-order valence-corrected chi connectivity index (χ0v) is 13.2. The number of benzene rings is 1. The van der Waals surface area contributed by atoms with Crippen molar-refractivity contribution in [1.82, 2.24) is 10.6 Å². The summed E-state index contributed by atoms with van der Waals surface area (Å²) in [5.74, 6) is 0.340. The number of nitrogens with zero attached hydrogens (tertiary/aromatic N) is 1. The van der Waals surface area contributed by atoms with Gasteiger partial charge in [0.05, 0.1) is 12.3 Å². The predicted octanol–water partition coefficient (Wildman–Crippen LogP) is 0.968. The second kappa shape index (κ2) is 8.61. The van der Waals surface area contributed by atoms with Crippen molar-refractivity contribution in [3.63, 3.8) is 0 Å². The van der Waals surface area contributed by atoms with Crippen LogP contribution in [0.3, 0.4) is 0 Å². The molecule has 1 rings (SSSR count). The highest BCUT2D eigenvalue weighted by atomic mass is 32.2. The first-order chi connectivity index (χ1) is 9.90. The third-order valence-electron chi connectivity index (χ3n) is 2.67. The lowest BCUT2D eigenvalue weighted by Gasteiger charge is -2.11. The Balaban J connectivity index is 2.45. The van der Waals surface area contributed by atoms with E-state index in [-0.39, 0.29) is 18.1 Å². The van der Waals surface area contributed by atoms with Crippen LogP contribution in [0.5, 0.6) is 0 Å². The summed E-state index contributed by atoms with van der Waals surface area (Å²) in [7, 11) is -3.01. The molecule has 0 spiro atoms. The number of rotatable bonds is 7. The minimum absolute atomic E-state index is 0.0213. The summed E-state index contributed by atoms with van der Waals surface area (Å²) in [6.07, 6.45) is 1.85. The number of hydrogen-bond donors (Lipinski definition) is 2. The maximum Gasteiger partial charge on any atom is 0.191 e. The number of guanidine groups is 1. The van der Waals surface area contributed by atoms with Crippen LogP contribution in [-0.4, -0.2) is 46.0 Å². The fourth-order valence-electron chi connectivity index (χ4n) is 1.68. The number of sulfone groups is 1. The van der Waals surface area contributed by atoms with Crippen LogP contribution in [0.15, 0.2) is 29.3 Å². The molecule has 7 heteroatoms. The molecule has 0 unspecified atom stereocenters. The van der Waals surface area contributed by atoms with Crippen molar-refractivity contribution in [2.24, 2.45) is 4.99 Å². The lowest BCUT2D eigenvalue weighted by molar-refractivity contribution is 0.601. The van der Waals surface area contributed by atoms with Gasteiger partial charge in [-0.05, 0) is 31.0 Å². The summed E-state index contributed by atoms with van der Waals surface area (Å²) in [4.78, 5) is 4.19. The summed E-state index contributed by atoms with van der Waals surface area (Å²) >= 11 is 0. The summed E-state index contributed by atoms with van der Waals surface area (Å²) in [6, 6.07) is 6.44. The average Bonchev–Trinajstić information content (AvgIpc) is 2.37. The van der Waals surface area contributed by atoms with Gasteiger partial charge in [-0.3, -0.25) is 4.99 Å². The second-order valence-electron chi connectivity index (χ2n) is 4.70. The van der Waals surface area contributed by atoms with Crippen LogP contribution >= 0.6 is 0 Å². The summed E-state index contributed by atoms with van der Waals surface area (Å²) in [5.41, 5.74) is 0.898. The van der Waals surface area contributed by atoms with E-state index in [1.165, 1.54) is 18.4 Å². The minimum Gasteiger partial charge on any atom is -0.357 e. The molecule has 118 valence electrons. The van der Waals surface area contributed by atoms with Crippen molar-refractivity contribution in [1.29, 1.82) is 0 Å². The number of hydrogen-bond acceptors (Lipinski definition) is 3. The monoisotopic (exact) mass is 315 g/mol. The van der Waals surface area contributed by atoms with Gasteiger partial charge in [0.1, 0.15) is 15.7 Å². The Kier molecular flexibility index (Phi) is 7.14. The molecule has 21 heavy (non-hydrogen) atoms. The summed E-state index contributed by atoms with van der Waals surface area (Å²) in [5, 5.41) is 6.13. The van der Waals surface area contributed by atoms with Gasteiger partial charge >= 0.3 is 0 Å². The predicted molar refractivity (Wildman–Crippen MR) is 83.8 cm³/mol. The Hall–Kier alpha value is -1.63. The van der Waals surface area contributed by atoms with Crippen LogP contribution in [0, 0.1) is 5.82 Å². The van der Waals surface area contributed by atoms with Crippen LogP contribution in [0.2, 0.25) is 0 Å². The van der Waals surface area contributed by atoms with Gasteiger partial charge in [0.25, 0.3) is 0 Å². The lowest BCUT2D eigenvalue weighted by atomic mass is 10.1. The van der Waals surface area contributed by atoms with E-state index in [1.807, 2.05) is 13.0 Å². The van der Waals surface area contributed by atoms with E-state index >= 15 is 0 Å². The van der Waals surface area contributed by atoms with E-state index in [9.17, 15) is 12.8 Å². The van der Waals surface area contributed by atoms with Gasteiger partial charge in [-0.15, -0.1) is 0 Å². The molecule has 0 aliphatic rings. The molecule has 0 bridgehead atoms. The number of nitrogens with one attached hydrogen (secondary N) is 2. The maximum atomic E-state index is 13.0. The van der Waals surface area contributed by atoms with Gasteiger partial charge in [0.2, 0.25) is 0 Å². The maximum absolute atomic E-state index is 13.0. The molecule has 1 aromatic carbocycles. The van der Waals surface area contributed by atoms with Crippen LogP contribution < -0.4 is 10.6 Å². The zero-order valence-electron chi connectivity index (χ0n) is 12.4. The highest BCUT2D eigenvalue weighted by molar-refractivity contribution is 7.90. The van der Waals surface area contributed by atoms with Crippen molar-refractivity contribution >= 4 is 15.8 Å². The Morgan fingerprint density at radius 3 is 2.71 bits per heavy atom.